The van der Waals surface area contributed by atoms with Gasteiger partial charge in [-0.1, -0.05) is 351 Å². The molecule has 12 unspecified atom stereocenters. The lowest BCUT2D eigenvalue weighted by Crippen LogP contribution is -2.65. The molecule has 0 spiro atoms. The van der Waals surface area contributed by atoms with Gasteiger partial charge in [0.1, 0.15) is 48.8 Å². The van der Waals surface area contributed by atoms with Crippen molar-refractivity contribution in [3.05, 3.63) is 48.6 Å². The van der Waals surface area contributed by atoms with Crippen molar-refractivity contribution >= 4 is 5.91 Å². The predicted octanol–water partition coefficient (Wildman–Crippen LogP) is 18.2. The lowest BCUT2D eigenvalue weighted by Gasteiger charge is -2.46. The summed E-state index contributed by atoms with van der Waals surface area (Å²) in [6.07, 6.45) is 70.5. The minimum Gasteiger partial charge on any atom is -0.394 e. The van der Waals surface area contributed by atoms with Crippen LogP contribution < -0.4 is 5.32 Å². The van der Waals surface area contributed by atoms with Crippen molar-refractivity contribution in [3.63, 3.8) is 0 Å². The summed E-state index contributed by atoms with van der Waals surface area (Å²) >= 11 is 0. The normalized spacial score (nSPS) is 22.5. The Balaban J connectivity index is 1.57. The lowest BCUT2D eigenvalue weighted by atomic mass is 9.97. The summed E-state index contributed by atoms with van der Waals surface area (Å²) in [5, 5.41) is 87.6. The van der Waals surface area contributed by atoms with Crippen LogP contribution in [-0.4, -0.2) is 140 Å². The van der Waals surface area contributed by atoms with Crippen molar-refractivity contribution < 1.29 is 64.6 Å². The Morgan fingerprint density at radius 2 is 0.695 bits per heavy atom. The van der Waals surface area contributed by atoms with Crippen LogP contribution in [0.5, 0.6) is 0 Å². The summed E-state index contributed by atoms with van der Waals surface area (Å²) in [5.41, 5.74) is 0. The van der Waals surface area contributed by atoms with Crippen molar-refractivity contribution in [2.24, 2.45) is 0 Å². The number of hydrogen-bond acceptors (Lipinski definition) is 13. The third-order valence-corrected chi connectivity index (χ3v) is 19.8. The standard InChI is InChI=1S/C81H151NO13/c1-3-5-7-9-11-13-15-17-19-21-23-25-27-28-29-30-31-32-33-34-35-36-37-38-39-40-41-42-43-45-47-49-51-53-55-57-59-61-63-65-73(86)82-69(68-92-80-78(91)76(89)79(72(67-84)94-80)95-81-77(90)75(88)74(87)71(66-83)93-81)70(85)64-62-60-58-56-54-52-50-48-46-44-26-24-22-20-18-16-14-12-10-8-6-4-2/h15,17,21,23,27-28,62,64,69-72,74-81,83-85,87-91H,3-14,16,18-20,22,24-26,29-61,63,65-68H2,1-2H3,(H,82,86)/b17-15-,23-21-,28-27-,64-62+. The van der Waals surface area contributed by atoms with Crippen LogP contribution in [0.1, 0.15) is 367 Å². The van der Waals surface area contributed by atoms with Gasteiger partial charge in [0.25, 0.3) is 0 Å². The maximum Gasteiger partial charge on any atom is 0.220 e. The highest BCUT2D eigenvalue weighted by Crippen LogP contribution is 2.30. The van der Waals surface area contributed by atoms with Crippen molar-refractivity contribution in [1.82, 2.24) is 5.32 Å². The number of amides is 1. The topological polar surface area (TPSA) is 228 Å². The average molecular weight is 1350 g/mol. The molecule has 12 atom stereocenters. The highest BCUT2D eigenvalue weighted by atomic mass is 16.7. The van der Waals surface area contributed by atoms with Crippen LogP contribution >= 0.6 is 0 Å². The Morgan fingerprint density at radius 3 is 1.06 bits per heavy atom. The zero-order chi connectivity index (χ0) is 68.7. The van der Waals surface area contributed by atoms with E-state index < -0.39 is 86.8 Å². The largest absolute Gasteiger partial charge is 0.394 e. The van der Waals surface area contributed by atoms with Crippen molar-refractivity contribution in [1.29, 1.82) is 0 Å². The summed E-state index contributed by atoms with van der Waals surface area (Å²) in [6.45, 7) is 2.84. The van der Waals surface area contributed by atoms with E-state index in [-0.39, 0.29) is 18.9 Å². The number of carbonyl (C=O) groups is 1. The van der Waals surface area contributed by atoms with Crippen LogP contribution in [0, 0.1) is 0 Å². The molecule has 2 aliphatic heterocycles. The van der Waals surface area contributed by atoms with Crippen LogP contribution in [0.4, 0.5) is 0 Å². The maximum absolute atomic E-state index is 13.4. The maximum atomic E-state index is 13.4. The van der Waals surface area contributed by atoms with E-state index in [0.717, 1.165) is 51.4 Å². The fourth-order valence-corrected chi connectivity index (χ4v) is 13.4. The monoisotopic (exact) mass is 1350 g/mol. The van der Waals surface area contributed by atoms with Crippen LogP contribution in [-0.2, 0) is 23.7 Å². The molecule has 2 rings (SSSR count). The van der Waals surface area contributed by atoms with Gasteiger partial charge < -0.3 is 65.1 Å². The number of allylic oxidation sites excluding steroid dienone is 7. The Labute approximate surface area is 582 Å². The Kier molecular flexibility index (Phi) is 61.2. The molecule has 0 aromatic heterocycles. The van der Waals surface area contributed by atoms with E-state index >= 15 is 0 Å². The number of carbonyl (C=O) groups excluding carboxylic acids is 1. The average Bonchev–Trinajstić information content (AvgIpc) is 0.801. The fraction of sp³-hybridized carbons (Fsp3) is 0.889. The van der Waals surface area contributed by atoms with Gasteiger partial charge in [-0.2, -0.15) is 0 Å². The zero-order valence-corrected chi connectivity index (χ0v) is 61.2. The highest BCUT2D eigenvalue weighted by Gasteiger charge is 2.51. The third kappa shape index (κ3) is 48.4. The van der Waals surface area contributed by atoms with E-state index in [1.165, 1.54) is 289 Å². The van der Waals surface area contributed by atoms with Gasteiger partial charge in [-0.25, -0.2) is 0 Å². The summed E-state index contributed by atoms with van der Waals surface area (Å²) in [6, 6.07) is -0.915. The number of hydrogen-bond donors (Lipinski definition) is 9. The first-order chi connectivity index (χ1) is 46.6. The Morgan fingerprint density at radius 1 is 0.379 bits per heavy atom. The molecule has 558 valence electrons. The SMILES string of the molecule is CCCCCCC/C=C\C/C=C\C/C=C\CCCCCCCCCCCCCCCCCCCCCCCCCCC(=O)NC(COC1OC(CO)C(OC2OC(CO)C(O)C(O)C2O)C(O)C1O)C(O)/C=C/CCCCCCCCCCCCCCCCCCCCCC. The van der Waals surface area contributed by atoms with E-state index in [1.807, 2.05) is 6.08 Å². The molecule has 9 N–H and O–H groups in total. The number of rotatable bonds is 68. The molecule has 0 radical (unpaired) electrons. The molecule has 0 saturated carbocycles. The zero-order valence-electron chi connectivity index (χ0n) is 61.2. The molecule has 95 heavy (non-hydrogen) atoms. The minimum atomic E-state index is -1.79. The summed E-state index contributed by atoms with van der Waals surface area (Å²) in [5.74, 6) is -0.232. The minimum absolute atomic E-state index is 0.232. The van der Waals surface area contributed by atoms with E-state index in [2.05, 4.69) is 55.6 Å². The first kappa shape index (κ1) is 89.0. The van der Waals surface area contributed by atoms with Crippen LogP contribution in [0.3, 0.4) is 0 Å². The number of aliphatic hydroxyl groups is 8. The van der Waals surface area contributed by atoms with Crippen molar-refractivity contribution in [2.75, 3.05) is 19.8 Å². The Bertz CT molecular complexity index is 1780. The lowest BCUT2D eigenvalue weighted by molar-refractivity contribution is -0.359. The van der Waals surface area contributed by atoms with Gasteiger partial charge in [0.05, 0.1) is 32.0 Å². The molecule has 2 heterocycles. The molecule has 14 heteroatoms. The number of nitrogens with one attached hydrogen (secondary N) is 1. The van der Waals surface area contributed by atoms with E-state index in [4.69, 9.17) is 18.9 Å². The Hall–Kier alpha value is -2.05. The van der Waals surface area contributed by atoms with E-state index in [1.54, 1.807) is 6.08 Å². The molecule has 0 aliphatic carbocycles. The molecule has 1 amide bonds. The van der Waals surface area contributed by atoms with Gasteiger partial charge in [0, 0.05) is 6.42 Å². The van der Waals surface area contributed by atoms with Crippen molar-refractivity contribution in [3.8, 4) is 0 Å². The second-order valence-electron chi connectivity index (χ2n) is 28.5. The summed E-state index contributed by atoms with van der Waals surface area (Å²) < 4.78 is 22.9. The first-order valence-corrected chi connectivity index (χ1v) is 40.4. The fourth-order valence-electron chi connectivity index (χ4n) is 13.4. The number of aliphatic hydroxyl groups excluding tert-OH is 8. The van der Waals surface area contributed by atoms with Crippen molar-refractivity contribution in [2.45, 2.75) is 441 Å². The van der Waals surface area contributed by atoms with E-state index in [9.17, 15) is 45.6 Å². The van der Waals surface area contributed by atoms with E-state index in [0.29, 0.717) is 6.42 Å². The van der Waals surface area contributed by atoms with Crippen LogP contribution in [0.2, 0.25) is 0 Å². The second-order valence-corrected chi connectivity index (χ2v) is 28.5. The number of unbranched alkanes of at least 4 members (excludes halogenated alkanes) is 49. The van der Waals surface area contributed by atoms with Gasteiger partial charge in [-0.15, -0.1) is 0 Å². The molecule has 2 saturated heterocycles. The smallest absolute Gasteiger partial charge is 0.220 e. The molecule has 2 aliphatic rings. The molecule has 0 aromatic rings. The van der Waals surface area contributed by atoms with Crippen LogP contribution in [0.15, 0.2) is 48.6 Å². The second kappa shape index (κ2) is 65.3. The number of ether oxygens (including phenoxy) is 4. The summed E-state index contributed by atoms with van der Waals surface area (Å²) in [7, 11) is 0. The van der Waals surface area contributed by atoms with Gasteiger partial charge >= 0.3 is 0 Å². The van der Waals surface area contributed by atoms with Gasteiger partial charge in [0.15, 0.2) is 12.6 Å². The molecular weight excluding hydrogens is 1190 g/mol. The van der Waals surface area contributed by atoms with Crippen LogP contribution in [0.25, 0.3) is 0 Å². The van der Waals surface area contributed by atoms with Gasteiger partial charge in [-0.3, -0.25) is 4.79 Å². The highest BCUT2D eigenvalue weighted by molar-refractivity contribution is 5.76. The van der Waals surface area contributed by atoms with Gasteiger partial charge in [-0.05, 0) is 57.8 Å². The summed E-state index contributed by atoms with van der Waals surface area (Å²) in [4.78, 5) is 13.4. The molecular formula is C81H151NO13. The first-order valence-electron chi connectivity index (χ1n) is 40.4. The molecule has 2 fully saturated rings. The molecule has 14 nitrogen and oxygen atoms in total. The predicted molar refractivity (Wildman–Crippen MR) is 392 cm³/mol. The molecule has 0 aromatic carbocycles. The van der Waals surface area contributed by atoms with Gasteiger partial charge in [0.2, 0.25) is 5.91 Å². The third-order valence-electron chi connectivity index (χ3n) is 19.8. The quantitative estimate of drug-likeness (QED) is 0.0204. The molecule has 0 bridgehead atoms.